The molecule has 0 bridgehead atoms. The second kappa shape index (κ2) is 24.1. The van der Waals surface area contributed by atoms with E-state index in [0.717, 1.165) is 53.9 Å². The van der Waals surface area contributed by atoms with E-state index in [1.807, 2.05) is 87.5 Å². The van der Waals surface area contributed by atoms with Gasteiger partial charge >= 0.3 is 14.0 Å². The Morgan fingerprint density at radius 3 is 1.34 bits per heavy atom. The molecule has 11 heteroatoms. The van der Waals surface area contributed by atoms with Crippen molar-refractivity contribution in [3.8, 4) is 17.2 Å². The molecule has 3 saturated carbocycles. The molecule has 3 unspecified atom stereocenters. The SMILES string of the molecule is CB(O)c1cccc(OC(C)OC2CCCCC2)c1.CC(Oc1cccc(B2OC(C)(C)C(C)(C)O2)c1)OC1CCCCC1.Cc1cccc(OC(C)OC2CCCCC2)c1. The van der Waals surface area contributed by atoms with Crippen LogP contribution in [-0.4, -0.2) is 67.4 Å². The minimum absolute atomic E-state index is 0.153. The molecular formula is C50H76B2O9. The lowest BCUT2D eigenvalue weighted by molar-refractivity contribution is -0.117. The average molecular weight is 843 g/mol. The summed E-state index contributed by atoms with van der Waals surface area (Å²) in [6.07, 6.45) is 19.0. The van der Waals surface area contributed by atoms with Gasteiger partial charge < -0.3 is 42.8 Å². The molecular weight excluding hydrogens is 766 g/mol. The van der Waals surface area contributed by atoms with Crippen LogP contribution in [0.3, 0.4) is 0 Å². The summed E-state index contributed by atoms with van der Waals surface area (Å²) in [5.74, 6) is 2.44. The summed E-state index contributed by atoms with van der Waals surface area (Å²) in [7, 11) is -0.372. The molecule has 3 aliphatic carbocycles. The molecule has 1 saturated heterocycles. The van der Waals surface area contributed by atoms with Crippen molar-refractivity contribution in [2.45, 2.75) is 207 Å². The smallest absolute Gasteiger partial charge is 0.465 e. The molecule has 9 nitrogen and oxygen atoms in total. The van der Waals surface area contributed by atoms with Gasteiger partial charge in [0.05, 0.1) is 29.5 Å². The van der Waals surface area contributed by atoms with E-state index >= 15 is 0 Å². The van der Waals surface area contributed by atoms with E-state index in [1.54, 1.807) is 6.82 Å². The lowest BCUT2D eigenvalue weighted by atomic mass is 9.64. The molecule has 1 N–H and O–H groups in total. The summed E-state index contributed by atoms with van der Waals surface area (Å²) >= 11 is 0. The van der Waals surface area contributed by atoms with E-state index in [1.165, 1.54) is 76.2 Å². The molecule has 0 aromatic heterocycles. The van der Waals surface area contributed by atoms with Gasteiger partial charge in [0.25, 0.3) is 0 Å². The molecule has 7 rings (SSSR count). The van der Waals surface area contributed by atoms with Crippen LogP contribution in [-0.2, 0) is 23.5 Å². The molecule has 4 fully saturated rings. The lowest BCUT2D eigenvalue weighted by Crippen LogP contribution is -2.41. The van der Waals surface area contributed by atoms with Gasteiger partial charge in [-0.2, -0.15) is 0 Å². The normalized spacial score (nSPS) is 20.9. The Morgan fingerprint density at radius 1 is 0.557 bits per heavy atom. The molecule has 1 aliphatic heterocycles. The number of benzene rings is 3. The van der Waals surface area contributed by atoms with Gasteiger partial charge in [0, 0.05) is 0 Å². The summed E-state index contributed by atoms with van der Waals surface area (Å²) in [5, 5.41) is 9.56. The Morgan fingerprint density at radius 2 is 0.934 bits per heavy atom. The minimum Gasteiger partial charge on any atom is -0.465 e. The fourth-order valence-electron chi connectivity index (χ4n) is 8.32. The first-order valence-corrected chi connectivity index (χ1v) is 23.4. The van der Waals surface area contributed by atoms with Crippen LogP contribution in [0, 0.1) is 6.92 Å². The van der Waals surface area contributed by atoms with Crippen molar-refractivity contribution in [1.82, 2.24) is 0 Å². The van der Waals surface area contributed by atoms with Crippen LogP contribution in [0.4, 0.5) is 0 Å². The Labute approximate surface area is 369 Å². The highest BCUT2D eigenvalue weighted by Gasteiger charge is 2.51. The van der Waals surface area contributed by atoms with E-state index in [-0.39, 0.29) is 37.2 Å². The van der Waals surface area contributed by atoms with Gasteiger partial charge in [-0.3, -0.25) is 0 Å². The maximum atomic E-state index is 9.56. The van der Waals surface area contributed by atoms with Crippen molar-refractivity contribution in [3.63, 3.8) is 0 Å². The Hall–Kier alpha value is -3.05. The third-order valence-electron chi connectivity index (χ3n) is 12.4. The van der Waals surface area contributed by atoms with Gasteiger partial charge in [-0.25, -0.2) is 0 Å². The zero-order chi connectivity index (χ0) is 43.8. The van der Waals surface area contributed by atoms with Gasteiger partial charge in [-0.05, 0) is 147 Å². The van der Waals surface area contributed by atoms with E-state index in [0.29, 0.717) is 18.3 Å². The standard InChI is InChI=1S/C20H31BO4.C15H23BO3.C15H22O2/c1-15(22-17-11-7-6-8-12-17)23-18-13-9-10-16(14-18)21-24-19(2,3)20(4,5)25-21;1-12(18-14-8-4-3-5-9-14)19-15-10-6-7-13(11-15)16(2)17;1-12-7-6-10-15(11-12)17-13(2)16-14-8-4-3-5-9-14/h9-10,13-15,17H,6-8,11-12H2,1-5H3;6-7,10-12,14,17H,3-5,8-9H2,1-2H3;6-7,10-11,13-14H,3-5,8-9H2,1-2H3. The third-order valence-corrected chi connectivity index (χ3v) is 12.4. The second-order valence-corrected chi connectivity index (χ2v) is 18.5. The zero-order valence-electron chi connectivity index (χ0n) is 38.9. The van der Waals surface area contributed by atoms with E-state index in [4.69, 9.17) is 37.7 Å². The Kier molecular flexibility index (Phi) is 19.4. The molecule has 0 spiro atoms. The number of hydrogen-bond donors (Lipinski definition) is 1. The number of rotatable bonds is 14. The van der Waals surface area contributed by atoms with E-state index in [9.17, 15) is 5.02 Å². The molecule has 0 radical (unpaired) electrons. The molecule has 3 atom stereocenters. The van der Waals surface area contributed by atoms with Gasteiger partial charge in [0.15, 0.2) is 18.9 Å². The van der Waals surface area contributed by atoms with E-state index < -0.39 is 6.92 Å². The maximum absolute atomic E-state index is 9.56. The van der Waals surface area contributed by atoms with Gasteiger partial charge in [0.1, 0.15) is 17.2 Å². The van der Waals surface area contributed by atoms with Crippen LogP contribution in [0.25, 0.3) is 0 Å². The first-order chi connectivity index (χ1) is 29.2. The predicted octanol–water partition coefficient (Wildman–Crippen LogP) is 10.7. The van der Waals surface area contributed by atoms with Crippen LogP contribution in [0.1, 0.15) is 150 Å². The van der Waals surface area contributed by atoms with E-state index in [2.05, 4.69) is 40.7 Å². The summed E-state index contributed by atoms with van der Waals surface area (Å²) in [6.45, 7) is 17.5. The zero-order valence-corrected chi connectivity index (χ0v) is 38.9. The second-order valence-electron chi connectivity index (χ2n) is 18.5. The summed E-state index contributed by atoms with van der Waals surface area (Å²) in [6, 6.07) is 23.6. The fourth-order valence-corrected chi connectivity index (χ4v) is 8.32. The minimum atomic E-state index is -0.474. The van der Waals surface area contributed by atoms with Gasteiger partial charge in [-0.1, -0.05) is 101 Å². The van der Waals surface area contributed by atoms with Crippen LogP contribution >= 0.6 is 0 Å². The lowest BCUT2D eigenvalue weighted by Gasteiger charge is -2.32. The van der Waals surface area contributed by atoms with Crippen LogP contribution < -0.4 is 25.1 Å². The Balaban J connectivity index is 0.000000177. The molecule has 0 amide bonds. The first kappa shape index (κ1) is 49.0. The monoisotopic (exact) mass is 843 g/mol. The molecule has 3 aromatic rings. The van der Waals surface area contributed by atoms with Crippen molar-refractivity contribution in [2.24, 2.45) is 0 Å². The highest BCUT2D eigenvalue weighted by molar-refractivity contribution is 6.64. The highest BCUT2D eigenvalue weighted by Crippen LogP contribution is 2.37. The Bertz CT molecular complexity index is 1690. The molecule has 336 valence electrons. The third kappa shape index (κ3) is 16.5. The molecule has 4 aliphatic rings. The number of hydrogen-bond acceptors (Lipinski definition) is 9. The number of aryl methyl sites for hydroxylation is 1. The largest absolute Gasteiger partial charge is 0.494 e. The van der Waals surface area contributed by atoms with Crippen molar-refractivity contribution >= 4 is 25.0 Å². The van der Waals surface area contributed by atoms with Crippen molar-refractivity contribution < 1.29 is 42.8 Å². The maximum Gasteiger partial charge on any atom is 0.494 e. The topological polar surface area (TPSA) is 94.1 Å². The van der Waals surface area contributed by atoms with Crippen molar-refractivity contribution in [3.05, 3.63) is 78.4 Å². The van der Waals surface area contributed by atoms with Crippen molar-refractivity contribution in [2.75, 3.05) is 0 Å². The summed E-state index contributed by atoms with van der Waals surface area (Å²) in [5.41, 5.74) is 2.37. The molecule has 1 heterocycles. The highest BCUT2D eigenvalue weighted by atomic mass is 16.7. The average Bonchev–Trinajstić information content (AvgIpc) is 3.45. The quantitative estimate of drug-likeness (QED) is 0.126. The fraction of sp³-hybridized carbons (Fsp3) is 0.640. The molecule has 61 heavy (non-hydrogen) atoms. The van der Waals surface area contributed by atoms with Crippen LogP contribution in [0.5, 0.6) is 17.2 Å². The summed E-state index contributed by atoms with van der Waals surface area (Å²) in [4.78, 5) is 0. The summed E-state index contributed by atoms with van der Waals surface area (Å²) < 4.78 is 47.6. The van der Waals surface area contributed by atoms with Crippen molar-refractivity contribution in [1.29, 1.82) is 0 Å². The van der Waals surface area contributed by atoms with Gasteiger partial charge in [0.2, 0.25) is 0 Å². The first-order valence-electron chi connectivity index (χ1n) is 23.4. The molecule has 3 aromatic carbocycles. The van der Waals surface area contributed by atoms with Crippen LogP contribution in [0.2, 0.25) is 6.82 Å². The van der Waals surface area contributed by atoms with Gasteiger partial charge in [-0.15, -0.1) is 0 Å². The number of ether oxygens (including phenoxy) is 6. The van der Waals surface area contributed by atoms with Crippen LogP contribution in [0.15, 0.2) is 72.8 Å². The predicted molar refractivity (Wildman–Crippen MR) is 247 cm³/mol.